The van der Waals surface area contributed by atoms with Crippen LogP contribution in [0.4, 0.5) is 5.69 Å². The molecule has 0 radical (unpaired) electrons. The zero-order valence-electron chi connectivity index (χ0n) is 13.1. The molecule has 130 valence electrons. The molecule has 1 saturated heterocycles. The van der Waals surface area contributed by atoms with Crippen molar-refractivity contribution >= 4 is 36.4 Å². The molecule has 8 heteroatoms. The molecule has 0 saturated carbocycles. The fourth-order valence-corrected chi connectivity index (χ4v) is 2.66. The first-order chi connectivity index (χ1) is 10.8. The van der Waals surface area contributed by atoms with Gasteiger partial charge in [0.15, 0.2) is 0 Å². The summed E-state index contributed by atoms with van der Waals surface area (Å²) in [6.07, 6.45) is 6.96. The first kappa shape index (κ1) is 20.3. The number of nitrogens with one attached hydrogen (secondary N) is 2. The Labute approximate surface area is 153 Å². The van der Waals surface area contributed by atoms with E-state index in [2.05, 4.69) is 31.6 Å². The van der Waals surface area contributed by atoms with Gasteiger partial charge in [0.05, 0.1) is 6.54 Å². The smallest absolute Gasteiger partial charge is 0.238 e. The van der Waals surface area contributed by atoms with E-state index in [0.717, 1.165) is 30.9 Å². The second-order valence-corrected chi connectivity index (χ2v) is 5.26. The van der Waals surface area contributed by atoms with Gasteiger partial charge in [-0.1, -0.05) is 6.07 Å². The van der Waals surface area contributed by atoms with Gasteiger partial charge >= 0.3 is 0 Å². The Morgan fingerprint density at radius 1 is 1.21 bits per heavy atom. The monoisotopic (exact) mass is 369 g/mol. The van der Waals surface area contributed by atoms with Crippen molar-refractivity contribution in [2.24, 2.45) is 0 Å². The Morgan fingerprint density at radius 3 is 2.71 bits per heavy atom. The van der Waals surface area contributed by atoms with E-state index >= 15 is 0 Å². The molecule has 6 nitrogen and oxygen atoms in total. The fourth-order valence-electron chi connectivity index (χ4n) is 2.66. The minimum atomic E-state index is -0.0120. The van der Waals surface area contributed by atoms with Crippen LogP contribution < -0.4 is 10.6 Å². The average Bonchev–Trinajstić information content (AvgIpc) is 2.57. The highest BCUT2D eigenvalue weighted by atomic mass is 35.5. The molecule has 1 atom stereocenters. The Morgan fingerprint density at radius 2 is 2.00 bits per heavy atom. The van der Waals surface area contributed by atoms with Gasteiger partial charge in [0.2, 0.25) is 5.91 Å². The number of rotatable bonds is 4. The van der Waals surface area contributed by atoms with Crippen molar-refractivity contribution in [1.29, 1.82) is 0 Å². The van der Waals surface area contributed by atoms with Crippen LogP contribution in [0.15, 0.2) is 49.1 Å². The van der Waals surface area contributed by atoms with Crippen molar-refractivity contribution in [2.45, 2.75) is 6.04 Å². The predicted octanol–water partition coefficient (Wildman–Crippen LogP) is 1.91. The molecule has 2 aromatic heterocycles. The van der Waals surface area contributed by atoms with E-state index in [-0.39, 0.29) is 36.8 Å². The average molecular weight is 370 g/mol. The van der Waals surface area contributed by atoms with Crippen molar-refractivity contribution in [1.82, 2.24) is 20.2 Å². The molecular formula is C16H21Cl2N5O. The van der Waals surface area contributed by atoms with E-state index < -0.39 is 0 Å². The van der Waals surface area contributed by atoms with Crippen LogP contribution in [0, 0.1) is 0 Å². The highest BCUT2D eigenvalue weighted by Gasteiger charge is 2.25. The number of carbonyl (C=O) groups excluding carboxylic acids is 1. The van der Waals surface area contributed by atoms with E-state index in [1.54, 1.807) is 30.7 Å². The minimum absolute atomic E-state index is 0. The van der Waals surface area contributed by atoms with Crippen molar-refractivity contribution in [3.8, 4) is 0 Å². The largest absolute Gasteiger partial charge is 0.325 e. The van der Waals surface area contributed by atoms with Crippen LogP contribution in [-0.2, 0) is 4.79 Å². The number of carbonyl (C=O) groups is 1. The minimum Gasteiger partial charge on any atom is -0.325 e. The summed E-state index contributed by atoms with van der Waals surface area (Å²) < 4.78 is 0. The quantitative estimate of drug-likeness (QED) is 0.861. The lowest BCUT2D eigenvalue weighted by Gasteiger charge is -2.35. The van der Waals surface area contributed by atoms with Gasteiger partial charge in [0, 0.05) is 56.2 Å². The van der Waals surface area contributed by atoms with Gasteiger partial charge in [0.25, 0.3) is 0 Å². The molecule has 2 N–H and O–H groups in total. The Kier molecular flexibility index (Phi) is 8.63. The summed E-state index contributed by atoms with van der Waals surface area (Å²) in [5, 5.41) is 6.28. The van der Waals surface area contributed by atoms with Crippen molar-refractivity contribution in [3.05, 3.63) is 54.6 Å². The Bertz CT molecular complexity index is 614. The second kappa shape index (κ2) is 10.2. The summed E-state index contributed by atoms with van der Waals surface area (Å²) in [6, 6.07) is 7.73. The van der Waals surface area contributed by atoms with Gasteiger partial charge in [0.1, 0.15) is 0 Å². The van der Waals surface area contributed by atoms with Gasteiger partial charge in [-0.15, -0.1) is 24.8 Å². The molecule has 1 unspecified atom stereocenters. The molecule has 1 aliphatic heterocycles. The van der Waals surface area contributed by atoms with E-state index in [1.807, 2.05) is 12.3 Å². The highest BCUT2D eigenvalue weighted by molar-refractivity contribution is 5.92. The van der Waals surface area contributed by atoms with Crippen molar-refractivity contribution in [2.75, 3.05) is 31.5 Å². The van der Waals surface area contributed by atoms with Gasteiger partial charge in [-0.3, -0.25) is 19.7 Å². The summed E-state index contributed by atoms with van der Waals surface area (Å²) in [4.78, 5) is 22.6. The van der Waals surface area contributed by atoms with Crippen LogP contribution in [0.1, 0.15) is 11.6 Å². The number of nitrogens with zero attached hydrogens (tertiary/aromatic N) is 3. The van der Waals surface area contributed by atoms with E-state index in [4.69, 9.17) is 0 Å². The molecule has 24 heavy (non-hydrogen) atoms. The number of anilines is 1. The molecule has 0 bridgehead atoms. The molecular weight excluding hydrogens is 349 g/mol. The first-order valence-electron chi connectivity index (χ1n) is 7.37. The Balaban J connectivity index is 0.00000144. The molecule has 1 aliphatic rings. The third kappa shape index (κ3) is 5.42. The van der Waals surface area contributed by atoms with Gasteiger partial charge in [-0.25, -0.2) is 0 Å². The van der Waals surface area contributed by atoms with Crippen LogP contribution in [0.5, 0.6) is 0 Å². The molecule has 3 heterocycles. The van der Waals surface area contributed by atoms with E-state index in [0.29, 0.717) is 6.54 Å². The number of piperazine rings is 1. The number of aromatic nitrogens is 2. The lowest BCUT2D eigenvalue weighted by Crippen LogP contribution is -2.48. The zero-order chi connectivity index (χ0) is 15.2. The van der Waals surface area contributed by atoms with Crippen LogP contribution in [0.25, 0.3) is 0 Å². The summed E-state index contributed by atoms with van der Waals surface area (Å²) in [5.41, 5.74) is 1.90. The maximum absolute atomic E-state index is 12.2. The third-order valence-corrected chi connectivity index (χ3v) is 3.73. The van der Waals surface area contributed by atoms with E-state index in [9.17, 15) is 4.79 Å². The number of amides is 1. The molecule has 3 rings (SSSR count). The summed E-state index contributed by atoms with van der Waals surface area (Å²) in [6.45, 7) is 2.92. The molecule has 0 aromatic carbocycles. The zero-order valence-corrected chi connectivity index (χ0v) is 14.7. The van der Waals surface area contributed by atoms with Crippen LogP contribution in [-0.4, -0.2) is 47.0 Å². The number of halogens is 2. The van der Waals surface area contributed by atoms with Crippen LogP contribution in [0.3, 0.4) is 0 Å². The molecule has 1 amide bonds. The lowest BCUT2D eigenvalue weighted by atomic mass is 10.1. The van der Waals surface area contributed by atoms with Crippen molar-refractivity contribution in [3.63, 3.8) is 0 Å². The second-order valence-electron chi connectivity index (χ2n) is 5.26. The van der Waals surface area contributed by atoms with Crippen LogP contribution >= 0.6 is 24.8 Å². The highest BCUT2D eigenvalue weighted by Crippen LogP contribution is 2.21. The predicted molar refractivity (Wildman–Crippen MR) is 98.8 cm³/mol. The molecule has 0 aliphatic carbocycles. The van der Waals surface area contributed by atoms with E-state index in [1.165, 1.54) is 0 Å². The SMILES string of the molecule is Cl.Cl.O=C(CN1CCNCC1c1cccnc1)Nc1ccncc1. The number of hydrogen-bond donors (Lipinski definition) is 2. The standard InChI is InChI=1S/C16H19N5O.2ClH/c22-16(20-14-3-6-17-7-4-14)12-21-9-8-19-11-15(21)13-2-1-5-18-10-13;;/h1-7,10,15,19H,8-9,11-12H2,(H,17,20,22);2*1H. The van der Waals surface area contributed by atoms with Gasteiger partial charge < -0.3 is 10.6 Å². The topological polar surface area (TPSA) is 70.2 Å². The summed E-state index contributed by atoms with van der Waals surface area (Å²) >= 11 is 0. The lowest BCUT2D eigenvalue weighted by molar-refractivity contribution is -0.118. The Hall–Kier alpha value is -1.73. The molecule has 1 fully saturated rings. The van der Waals surface area contributed by atoms with Crippen LogP contribution in [0.2, 0.25) is 0 Å². The summed E-state index contributed by atoms with van der Waals surface area (Å²) in [5.74, 6) is -0.0120. The van der Waals surface area contributed by atoms with Crippen molar-refractivity contribution < 1.29 is 4.79 Å². The normalized spacial score (nSPS) is 17.2. The fraction of sp³-hybridized carbons (Fsp3) is 0.312. The summed E-state index contributed by atoms with van der Waals surface area (Å²) in [7, 11) is 0. The third-order valence-electron chi connectivity index (χ3n) is 3.73. The van der Waals surface area contributed by atoms with Gasteiger partial charge in [-0.05, 0) is 23.8 Å². The number of hydrogen-bond acceptors (Lipinski definition) is 5. The first-order valence-corrected chi connectivity index (χ1v) is 7.37. The number of pyridine rings is 2. The maximum Gasteiger partial charge on any atom is 0.238 e. The maximum atomic E-state index is 12.2. The van der Waals surface area contributed by atoms with Gasteiger partial charge in [-0.2, -0.15) is 0 Å². The molecule has 0 spiro atoms. The molecule has 2 aromatic rings.